The predicted molar refractivity (Wildman–Crippen MR) is 65.1 cm³/mol. The Bertz CT molecular complexity index is 334. The fourth-order valence-electron chi connectivity index (χ4n) is 2.44. The zero-order valence-corrected chi connectivity index (χ0v) is 10.3. The highest BCUT2D eigenvalue weighted by atomic mass is 15.2. The zero-order valence-electron chi connectivity index (χ0n) is 10.3. The van der Waals surface area contributed by atoms with E-state index in [1.807, 2.05) is 12.5 Å². The molecule has 1 unspecified atom stereocenters. The Balaban J connectivity index is 2.06. The van der Waals surface area contributed by atoms with Gasteiger partial charge in [0, 0.05) is 24.8 Å². The first-order chi connectivity index (χ1) is 7.72. The van der Waals surface area contributed by atoms with E-state index in [1.165, 1.54) is 25.1 Å². The molecule has 0 bridgehead atoms. The van der Waals surface area contributed by atoms with E-state index in [4.69, 9.17) is 5.73 Å². The van der Waals surface area contributed by atoms with Crippen LogP contribution in [0.3, 0.4) is 0 Å². The lowest BCUT2D eigenvalue weighted by Crippen LogP contribution is -2.30. The lowest BCUT2D eigenvalue weighted by Gasteiger charge is -2.22. The first-order valence-corrected chi connectivity index (χ1v) is 6.18. The van der Waals surface area contributed by atoms with Crippen molar-refractivity contribution in [3.63, 3.8) is 0 Å². The van der Waals surface area contributed by atoms with Gasteiger partial charge in [-0.05, 0) is 32.9 Å². The molecule has 1 fully saturated rings. The van der Waals surface area contributed by atoms with Crippen molar-refractivity contribution in [3.05, 3.63) is 18.2 Å². The summed E-state index contributed by atoms with van der Waals surface area (Å²) in [5.41, 5.74) is 7.24. The van der Waals surface area contributed by atoms with Crippen molar-refractivity contribution in [1.82, 2.24) is 14.5 Å². The number of imidazole rings is 1. The maximum Gasteiger partial charge on any atom is 0.0949 e. The van der Waals surface area contributed by atoms with Gasteiger partial charge in [-0.3, -0.25) is 0 Å². The number of hydrogen-bond donors (Lipinski definition) is 1. The molecule has 2 rings (SSSR count). The van der Waals surface area contributed by atoms with Crippen LogP contribution in [0.5, 0.6) is 0 Å². The highest BCUT2D eigenvalue weighted by Gasteiger charge is 2.22. The van der Waals surface area contributed by atoms with Crippen LogP contribution >= 0.6 is 0 Å². The summed E-state index contributed by atoms with van der Waals surface area (Å²) in [6.07, 6.45) is 7.38. The van der Waals surface area contributed by atoms with Gasteiger partial charge in [0.05, 0.1) is 12.0 Å². The summed E-state index contributed by atoms with van der Waals surface area (Å²) in [7, 11) is 2.20. The molecule has 1 aliphatic heterocycles. The van der Waals surface area contributed by atoms with Gasteiger partial charge in [0.1, 0.15) is 0 Å². The largest absolute Gasteiger partial charge is 0.332 e. The summed E-state index contributed by atoms with van der Waals surface area (Å²) in [5, 5.41) is 0. The third-order valence-corrected chi connectivity index (χ3v) is 3.64. The molecular weight excluding hydrogens is 200 g/mol. The first-order valence-electron chi connectivity index (χ1n) is 6.18. The molecule has 2 heterocycles. The summed E-state index contributed by atoms with van der Waals surface area (Å²) in [5.74, 6) is 0. The van der Waals surface area contributed by atoms with Crippen LogP contribution in [0.1, 0.15) is 37.9 Å². The molecule has 0 amide bonds. The summed E-state index contributed by atoms with van der Waals surface area (Å²) < 4.78 is 2.22. The van der Waals surface area contributed by atoms with Crippen molar-refractivity contribution in [2.24, 2.45) is 5.73 Å². The summed E-state index contributed by atoms with van der Waals surface area (Å²) >= 11 is 0. The SMILES string of the molecule is CC[C@@H](N)c1cncn1CC1CCCN1C. The van der Waals surface area contributed by atoms with Crippen LogP contribution in [-0.4, -0.2) is 34.1 Å². The minimum Gasteiger partial charge on any atom is -0.332 e. The van der Waals surface area contributed by atoms with E-state index >= 15 is 0 Å². The Hall–Kier alpha value is -0.870. The van der Waals surface area contributed by atoms with Crippen LogP contribution in [-0.2, 0) is 6.54 Å². The Morgan fingerprint density at radius 2 is 2.44 bits per heavy atom. The molecule has 1 aromatic rings. The van der Waals surface area contributed by atoms with Crippen LogP contribution in [0.15, 0.2) is 12.5 Å². The molecular formula is C12H22N4. The standard InChI is InChI=1S/C12H22N4/c1-3-11(13)12-7-14-9-16(12)8-10-5-4-6-15(10)2/h7,9-11H,3-6,8,13H2,1-2H3/t10?,11-/m1/s1. The van der Waals surface area contributed by atoms with Crippen molar-refractivity contribution in [2.75, 3.05) is 13.6 Å². The topological polar surface area (TPSA) is 47.1 Å². The molecule has 2 atom stereocenters. The van der Waals surface area contributed by atoms with E-state index in [0.717, 1.165) is 13.0 Å². The Morgan fingerprint density at radius 1 is 1.62 bits per heavy atom. The molecule has 0 aliphatic carbocycles. The quantitative estimate of drug-likeness (QED) is 0.837. The number of nitrogens with zero attached hydrogens (tertiary/aromatic N) is 3. The Kier molecular flexibility index (Phi) is 3.61. The van der Waals surface area contributed by atoms with Crippen molar-refractivity contribution in [1.29, 1.82) is 0 Å². The number of likely N-dealkylation sites (tertiary alicyclic amines) is 1. The molecule has 1 saturated heterocycles. The maximum atomic E-state index is 6.07. The third kappa shape index (κ3) is 2.28. The van der Waals surface area contributed by atoms with Gasteiger partial charge >= 0.3 is 0 Å². The van der Waals surface area contributed by atoms with Gasteiger partial charge in [-0.25, -0.2) is 4.98 Å². The highest BCUT2D eigenvalue weighted by Crippen LogP contribution is 2.19. The van der Waals surface area contributed by atoms with Crippen LogP contribution < -0.4 is 5.73 Å². The molecule has 0 saturated carbocycles. The average molecular weight is 222 g/mol. The fraction of sp³-hybridized carbons (Fsp3) is 0.750. The minimum absolute atomic E-state index is 0.120. The molecule has 4 nitrogen and oxygen atoms in total. The van der Waals surface area contributed by atoms with Crippen molar-refractivity contribution >= 4 is 0 Å². The predicted octanol–water partition coefficient (Wildman–Crippen LogP) is 1.39. The van der Waals surface area contributed by atoms with E-state index in [0.29, 0.717) is 6.04 Å². The summed E-state index contributed by atoms with van der Waals surface area (Å²) in [4.78, 5) is 6.65. The van der Waals surface area contributed by atoms with E-state index in [2.05, 4.69) is 28.4 Å². The number of rotatable bonds is 4. The molecule has 1 aliphatic rings. The highest BCUT2D eigenvalue weighted by molar-refractivity contribution is 5.04. The lowest BCUT2D eigenvalue weighted by molar-refractivity contribution is 0.279. The third-order valence-electron chi connectivity index (χ3n) is 3.64. The van der Waals surface area contributed by atoms with Gasteiger partial charge in [0.2, 0.25) is 0 Å². The molecule has 90 valence electrons. The van der Waals surface area contributed by atoms with E-state index in [-0.39, 0.29) is 6.04 Å². The van der Waals surface area contributed by atoms with Gasteiger partial charge in [-0.15, -0.1) is 0 Å². The van der Waals surface area contributed by atoms with Gasteiger partial charge in [0.15, 0.2) is 0 Å². The molecule has 0 radical (unpaired) electrons. The number of likely N-dealkylation sites (N-methyl/N-ethyl adjacent to an activating group) is 1. The van der Waals surface area contributed by atoms with E-state index < -0.39 is 0 Å². The second-order valence-electron chi connectivity index (χ2n) is 4.76. The normalized spacial score (nSPS) is 23.8. The molecule has 16 heavy (non-hydrogen) atoms. The number of aromatic nitrogens is 2. The summed E-state index contributed by atoms with van der Waals surface area (Å²) in [6.45, 7) is 4.36. The van der Waals surface area contributed by atoms with Gasteiger partial charge in [-0.1, -0.05) is 6.92 Å². The molecule has 0 aromatic carbocycles. The van der Waals surface area contributed by atoms with Crippen molar-refractivity contribution < 1.29 is 0 Å². The molecule has 4 heteroatoms. The minimum atomic E-state index is 0.120. The molecule has 0 spiro atoms. The van der Waals surface area contributed by atoms with Gasteiger partial charge in [-0.2, -0.15) is 0 Å². The molecule has 2 N–H and O–H groups in total. The first kappa shape index (κ1) is 11.6. The fourth-order valence-corrected chi connectivity index (χ4v) is 2.44. The van der Waals surface area contributed by atoms with Crippen LogP contribution in [0.2, 0.25) is 0 Å². The average Bonchev–Trinajstić information content (AvgIpc) is 2.88. The van der Waals surface area contributed by atoms with Crippen molar-refractivity contribution in [3.8, 4) is 0 Å². The van der Waals surface area contributed by atoms with Crippen LogP contribution in [0.25, 0.3) is 0 Å². The number of hydrogen-bond acceptors (Lipinski definition) is 3. The van der Waals surface area contributed by atoms with E-state index in [9.17, 15) is 0 Å². The lowest BCUT2D eigenvalue weighted by atomic mass is 10.1. The van der Waals surface area contributed by atoms with Crippen molar-refractivity contribution in [2.45, 2.75) is 44.8 Å². The Labute approximate surface area is 97.4 Å². The zero-order chi connectivity index (χ0) is 11.5. The Morgan fingerprint density at radius 3 is 3.06 bits per heavy atom. The monoisotopic (exact) mass is 222 g/mol. The molecule has 1 aromatic heterocycles. The van der Waals surface area contributed by atoms with Crippen LogP contribution in [0, 0.1) is 0 Å². The smallest absolute Gasteiger partial charge is 0.0949 e. The maximum absolute atomic E-state index is 6.07. The van der Waals surface area contributed by atoms with Crippen LogP contribution in [0.4, 0.5) is 0 Å². The number of nitrogens with two attached hydrogens (primary N) is 1. The van der Waals surface area contributed by atoms with Gasteiger partial charge < -0.3 is 15.2 Å². The second-order valence-corrected chi connectivity index (χ2v) is 4.76. The summed E-state index contributed by atoms with van der Waals surface area (Å²) in [6, 6.07) is 0.770. The van der Waals surface area contributed by atoms with E-state index in [1.54, 1.807) is 0 Å². The van der Waals surface area contributed by atoms with Gasteiger partial charge in [0.25, 0.3) is 0 Å². The second kappa shape index (κ2) is 4.97.